The minimum Gasteiger partial charge on any atom is -0.490 e. The zero-order valence-electron chi connectivity index (χ0n) is 13.4. The highest BCUT2D eigenvalue weighted by Gasteiger charge is 2.17. The fourth-order valence-corrected chi connectivity index (χ4v) is 1.79. The molecule has 1 aromatic carbocycles. The van der Waals surface area contributed by atoms with Gasteiger partial charge >= 0.3 is 0 Å². The predicted molar refractivity (Wildman–Crippen MR) is 83.0 cm³/mol. The van der Waals surface area contributed by atoms with E-state index < -0.39 is 6.10 Å². The van der Waals surface area contributed by atoms with Gasteiger partial charge in [-0.25, -0.2) is 0 Å². The van der Waals surface area contributed by atoms with Crippen molar-refractivity contribution >= 4 is 0 Å². The summed E-state index contributed by atoms with van der Waals surface area (Å²) in [7, 11) is 1.68. The van der Waals surface area contributed by atoms with Crippen LogP contribution in [0.25, 0.3) is 0 Å². The Kier molecular flexibility index (Phi) is 8.12. The van der Waals surface area contributed by atoms with Gasteiger partial charge in [0.05, 0.1) is 19.3 Å². The van der Waals surface area contributed by atoms with E-state index in [-0.39, 0.29) is 6.10 Å². The van der Waals surface area contributed by atoms with Crippen LogP contribution in [0.3, 0.4) is 0 Å². The Morgan fingerprint density at radius 2 is 2.05 bits per heavy atom. The second-order valence-electron chi connectivity index (χ2n) is 4.91. The third-order valence-corrected chi connectivity index (χ3v) is 3.14. The molecule has 2 N–H and O–H groups in total. The van der Waals surface area contributed by atoms with E-state index >= 15 is 0 Å². The van der Waals surface area contributed by atoms with Crippen molar-refractivity contribution < 1.29 is 19.3 Å². The standard InChI is InChI=1S/C16H27NO4/c1-5-20-15-8-6-7-14(11-17-9-10-19-4)16(15)21-13(3)12(2)18/h6-8,12-13,17-18H,5,9-11H2,1-4H3. The van der Waals surface area contributed by atoms with E-state index in [1.807, 2.05) is 32.0 Å². The van der Waals surface area contributed by atoms with Gasteiger partial charge in [-0.1, -0.05) is 12.1 Å². The maximum Gasteiger partial charge on any atom is 0.166 e. The Labute approximate surface area is 127 Å². The fraction of sp³-hybridized carbons (Fsp3) is 0.625. The summed E-state index contributed by atoms with van der Waals surface area (Å²) in [5.41, 5.74) is 1.00. The van der Waals surface area contributed by atoms with Crippen molar-refractivity contribution in [3.05, 3.63) is 23.8 Å². The molecule has 5 heteroatoms. The number of hydrogen-bond donors (Lipinski definition) is 2. The molecule has 120 valence electrons. The molecular weight excluding hydrogens is 270 g/mol. The zero-order valence-corrected chi connectivity index (χ0v) is 13.4. The molecule has 0 radical (unpaired) electrons. The Morgan fingerprint density at radius 3 is 2.67 bits per heavy atom. The second-order valence-corrected chi connectivity index (χ2v) is 4.91. The van der Waals surface area contributed by atoms with E-state index in [1.165, 1.54) is 0 Å². The van der Waals surface area contributed by atoms with E-state index in [4.69, 9.17) is 14.2 Å². The van der Waals surface area contributed by atoms with E-state index in [9.17, 15) is 5.11 Å². The van der Waals surface area contributed by atoms with Crippen molar-refractivity contribution in [3.8, 4) is 11.5 Å². The Hall–Kier alpha value is -1.30. The third-order valence-electron chi connectivity index (χ3n) is 3.14. The van der Waals surface area contributed by atoms with E-state index in [0.717, 1.165) is 12.1 Å². The van der Waals surface area contributed by atoms with E-state index in [2.05, 4.69) is 5.32 Å². The van der Waals surface area contributed by atoms with Crippen molar-refractivity contribution in [1.82, 2.24) is 5.32 Å². The Morgan fingerprint density at radius 1 is 1.29 bits per heavy atom. The number of ether oxygens (including phenoxy) is 3. The number of methoxy groups -OCH3 is 1. The lowest BCUT2D eigenvalue weighted by atomic mass is 10.1. The average molecular weight is 297 g/mol. The SMILES string of the molecule is CCOc1cccc(CNCCOC)c1OC(C)C(C)O. The number of para-hydroxylation sites is 1. The van der Waals surface area contributed by atoms with E-state index in [0.29, 0.717) is 31.3 Å². The molecule has 0 amide bonds. The first-order chi connectivity index (χ1) is 10.1. The predicted octanol–water partition coefficient (Wildman–Crippen LogP) is 1.97. The number of rotatable bonds is 10. The minimum absolute atomic E-state index is 0.302. The van der Waals surface area contributed by atoms with Crippen LogP contribution in [0.2, 0.25) is 0 Å². The fourth-order valence-electron chi connectivity index (χ4n) is 1.79. The second kappa shape index (κ2) is 9.60. The molecule has 2 unspecified atom stereocenters. The van der Waals surface area contributed by atoms with Crippen LogP contribution in [0.5, 0.6) is 11.5 Å². The number of aliphatic hydroxyl groups is 1. The lowest BCUT2D eigenvalue weighted by Crippen LogP contribution is -2.27. The summed E-state index contributed by atoms with van der Waals surface area (Å²) in [6.45, 7) is 8.14. The molecule has 21 heavy (non-hydrogen) atoms. The molecule has 0 aliphatic rings. The third kappa shape index (κ3) is 5.91. The quantitative estimate of drug-likeness (QED) is 0.647. The molecule has 5 nitrogen and oxygen atoms in total. The van der Waals surface area contributed by atoms with Gasteiger partial charge in [0.2, 0.25) is 0 Å². The van der Waals surface area contributed by atoms with Crippen LogP contribution in [0.4, 0.5) is 0 Å². The summed E-state index contributed by atoms with van der Waals surface area (Å²) in [5, 5.41) is 12.9. The summed E-state index contributed by atoms with van der Waals surface area (Å²) in [4.78, 5) is 0. The largest absolute Gasteiger partial charge is 0.490 e. The summed E-state index contributed by atoms with van der Waals surface area (Å²) >= 11 is 0. The smallest absolute Gasteiger partial charge is 0.166 e. The zero-order chi connectivity index (χ0) is 15.7. The molecule has 0 saturated carbocycles. The normalized spacial score (nSPS) is 13.8. The molecule has 0 aliphatic carbocycles. The molecule has 0 spiro atoms. The highest BCUT2D eigenvalue weighted by molar-refractivity contribution is 5.46. The molecule has 1 aromatic rings. The lowest BCUT2D eigenvalue weighted by molar-refractivity contribution is 0.0575. The summed E-state index contributed by atoms with van der Waals surface area (Å²) < 4.78 is 16.5. The van der Waals surface area contributed by atoms with Crippen molar-refractivity contribution in [2.75, 3.05) is 26.9 Å². The van der Waals surface area contributed by atoms with Crippen LogP contribution >= 0.6 is 0 Å². The first-order valence-corrected chi connectivity index (χ1v) is 7.39. The summed E-state index contributed by atoms with van der Waals surface area (Å²) in [6.07, 6.45) is -0.849. The molecule has 1 rings (SSSR count). The lowest BCUT2D eigenvalue weighted by Gasteiger charge is -2.22. The van der Waals surface area contributed by atoms with Gasteiger partial charge in [-0.3, -0.25) is 0 Å². The van der Waals surface area contributed by atoms with Gasteiger partial charge in [-0.2, -0.15) is 0 Å². The average Bonchev–Trinajstić information content (AvgIpc) is 2.46. The van der Waals surface area contributed by atoms with Crippen molar-refractivity contribution in [1.29, 1.82) is 0 Å². The maximum atomic E-state index is 9.64. The van der Waals surface area contributed by atoms with Crippen LogP contribution in [-0.4, -0.2) is 44.2 Å². The number of aliphatic hydroxyl groups excluding tert-OH is 1. The topological polar surface area (TPSA) is 60.0 Å². The summed E-state index contributed by atoms with van der Waals surface area (Å²) in [5.74, 6) is 1.40. The number of nitrogens with one attached hydrogen (secondary N) is 1. The Bertz CT molecular complexity index is 409. The molecule has 0 heterocycles. The first-order valence-electron chi connectivity index (χ1n) is 7.39. The molecule has 2 atom stereocenters. The van der Waals surface area contributed by atoms with Crippen LogP contribution < -0.4 is 14.8 Å². The van der Waals surface area contributed by atoms with Crippen LogP contribution in [-0.2, 0) is 11.3 Å². The molecule has 0 aromatic heterocycles. The summed E-state index contributed by atoms with van der Waals surface area (Å²) in [6, 6.07) is 5.82. The highest BCUT2D eigenvalue weighted by Crippen LogP contribution is 2.32. The highest BCUT2D eigenvalue weighted by atomic mass is 16.5. The van der Waals surface area contributed by atoms with Gasteiger partial charge in [-0.05, 0) is 26.8 Å². The maximum absolute atomic E-state index is 9.64. The van der Waals surface area contributed by atoms with Crippen LogP contribution in [0, 0.1) is 0 Å². The van der Waals surface area contributed by atoms with Gasteiger partial charge in [-0.15, -0.1) is 0 Å². The molecule has 0 fully saturated rings. The number of hydrogen-bond acceptors (Lipinski definition) is 5. The minimum atomic E-state index is -0.547. The van der Waals surface area contributed by atoms with Crippen molar-refractivity contribution in [3.63, 3.8) is 0 Å². The van der Waals surface area contributed by atoms with Crippen molar-refractivity contribution in [2.24, 2.45) is 0 Å². The monoisotopic (exact) mass is 297 g/mol. The molecule has 0 saturated heterocycles. The number of benzene rings is 1. The molecule has 0 aliphatic heterocycles. The molecular formula is C16H27NO4. The molecule has 0 bridgehead atoms. The first kappa shape index (κ1) is 17.8. The Balaban J connectivity index is 2.86. The van der Waals surface area contributed by atoms with Gasteiger partial charge in [0, 0.05) is 25.8 Å². The van der Waals surface area contributed by atoms with Crippen molar-refractivity contribution in [2.45, 2.75) is 39.5 Å². The van der Waals surface area contributed by atoms with Gasteiger partial charge in [0.25, 0.3) is 0 Å². The van der Waals surface area contributed by atoms with E-state index in [1.54, 1.807) is 14.0 Å². The van der Waals surface area contributed by atoms with Crippen LogP contribution in [0.15, 0.2) is 18.2 Å². The van der Waals surface area contributed by atoms with Gasteiger partial charge in [0.15, 0.2) is 11.5 Å². The van der Waals surface area contributed by atoms with Gasteiger partial charge < -0.3 is 24.6 Å². The van der Waals surface area contributed by atoms with Crippen LogP contribution in [0.1, 0.15) is 26.3 Å². The van der Waals surface area contributed by atoms with Gasteiger partial charge in [0.1, 0.15) is 6.10 Å².